The summed E-state index contributed by atoms with van der Waals surface area (Å²) in [5.74, 6) is 0.0265. The Balaban J connectivity index is 0.00000289. The number of amides is 1. The molecule has 1 spiro atoms. The van der Waals surface area contributed by atoms with Gasteiger partial charge in [0.2, 0.25) is 0 Å². The number of nitrogens with one attached hydrogen (secondary N) is 2. The van der Waals surface area contributed by atoms with Gasteiger partial charge in [0.1, 0.15) is 23.0 Å². The summed E-state index contributed by atoms with van der Waals surface area (Å²) in [5, 5.41) is 17.9. The van der Waals surface area contributed by atoms with E-state index in [4.69, 9.17) is 13.9 Å². The van der Waals surface area contributed by atoms with E-state index in [0.717, 1.165) is 13.1 Å². The van der Waals surface area contributed by atoms with Crippen molar-refractivity contribution >= 4 is 29.3 Å². The largest absolute Gasteiger partial charge is 0.491 e. The van der Waals surface area contributed by atoms with Gasteiger partial charge in [-0.3, -0.25) is 4.79 Å². The van der Waals surface area contributed by atoms with Crippen molar-refractivity contribution in [1.29, 1.82) is 0 Å². The van der Waals surface area contributed by atoms with Crippen LogP contribution in [-0.4, -0.2) is 54.1 Å². The molecule has 9 heteroatoms. The molecule has 1 amide bonds. The Morgan fingerprint density at radius 3 is 2.66 bits per heavy atom. The molecule has 0 unspecified atom stereocenters. The number of carbonyl (C=O) groups excluding carboxylic acids is 1. The molecule has 3 heterocycles. The molecule has 2 atom stereocenters. The molecule has 3 N–H and O–H groups in total. The van der Waals surface area contributed by atoms with E-state index in [0.29, 0.717) is 42.6 Å². The van der Waals surface area contributed by atoms with Crippen molar-refractivity contribution in [2.75, 3.05) is 19.7 Å². The van der Waals surface area contributed by atoms with Gasteiger partial charge in [0.15, 0.2) is 0 Å². The molecular formula is C23H31ClN2O6. The predicted molar refractivity (Wildman–Crippen MR) is 123 cm³/mol. The first-order valence-electron chi connectivity index (χ1n) is 10.8. The monoisotopic (exact) mass is 466 g/mol. The van der Waals surface area contributed by atoms with Crippen LogP contribution in [0.15, 0.2) is 33.5 Å². The molecule has 2 aromatic rings. The van der Waals surface area contributed by atoms with Crippen LogP contribution in [0.1, 0.15) is 50.4 Å². The number of ether oxygens (including phenoxy) is 2. The van der Waals surface area contributed by atoms with Crippen molar-refractivity contribution in [1.82, 2.24) is 10.6 Å². The van der Waals surface area contributed by atoms with Crippen molar-refractivity contribution in [3.63, 3.8) is 0 Å². The summed E-state index contributed by atoms with van der Waals surface area (Å²) in [6, 6.07) is 6.68. The zero-order valence-electron chi connectivity index (χ0n) is 18.6. The van der Waals surface area contributed by atoms with E-state index >= 15 is 0 Å². The van der Waals surface area contributed by atoms with Gasteiger partial charge in [0.25, 0.3) is 5.91 Å². The minimum atomic E-state index is -0.914. The van der Waals surface area contributed by atoms with Crippen molar-refractivity contribution < 1.29 is 23.8 Å². The van der Waals surface area contributed by atoms with Crippen LogP contribution in [-0.2, 0) is 4.74 Å². The second kappa shape index (κ2) is 9.39. The zero-order chi connectivity index (χ0) is 22.2. The van der Waals surface area contributed by atoms with Gasteiger partial charge in [-0.05, 0) is 71.3 Å². The lowest BCUT2D eigenvalue weighted by molar-refractivity contribution is -0.197. The first kappa shape index (κ1) is 24.5. The Kier molecular flexibility index (Phi) is 7.19. The van der Waals surface area contributed by atoms with Gasteiger partial charge < -0.3 is 29.6 Å². The van der Waals surface area contributed by atoms with Gasteiger partial charge in [-0.25, -0.2) is 4.79 Å². The minimum Gasteiger partial charge on any atom is -0.491 e. The van der Waals surface area contributed by atoms with Crippen LogP contribution < -0.4 is 21.0 Å². The van der Waals surface area contributed by atoms with E-state index < -0.39 is 28.8 Å². The van der Waals surface area contributed by atoms with Gasteiger partial charge in [0, 0.05) is 18.1 Å². The summed E-state index contributed by atoms with van der Waals surface area (Å²) in [6.45, 7) is 7.55. The SMILES string of the molecule is CC(C)Oc1ccc2cc(C(=O)N[C@]3(C)CCOC4(CCNCC4)[C@H]3O)c(=O)oc2c1.Cl. The molecule has 2 fully saturated rings. The number of aliphatic hydroxyl groups excluding tert-OH is 1. The number of rotatable bonds is 4. The van der Waals surface area contributed by atoms with Crippen LogP contribution in [0, 0.1) is 0 Å². The molecule has 0 bridgehead atoms. The van der Waals surface area contributed by atoms with Crippen LogP contribution in [0.3, 0.4) is 0 Å². The van der Waals surface area contributed by atoms with Crippen molar-refractivity contribution in [3.8, 4) is 5.75 Å². The second-order valence-corrected chi connectivity index (χ2v) is 9.00. The van der Waals surface area contributed by atoms with E-state index in [-0.39, 0.29) is 24.1 Å². The standard InChI is InChI=1S/C23H30N2O6.ClH/c1-14(2)30-16-5-4-15-12-17(20(27)31-18(15)13-16)19(26)25-22(3)8-11-29-23(21(22)28)6-9-24-10-7-23;/h4-5,12-14,21,24,28H,6-11H2,1-3H3,(H,25,26);1H/t21-,22+;/m0./s1. The lowest BCUT2D eigenvalue weighted by Crippen LogP contribution is -2.69. The topological polar surface area (TPSA) is 110 Å². The average molecular weight is 467 g/mol. The highest BCUT2D eigenvalue weighted by Crippen LogP contribution is 2.38. The maximum atomic E-state index is 13.1. The third kappa shape index (κ3) is 4.64. The van der Waals surface area contributed by atoms with E-state index in [1.807, 2.05) is 13.8 Å². The Hall–Kier alpha value is -2.13. The van der Waals surface area contributed by atoms with Crippen molar-refractivity contribution in [2.45, 2.75) is 63.4 Å². The molecule has 1 aromatic heterocycles. The van der Waals surface area contributed by atoms with Gasteiger partial charge in [-0.1, -0.05) is 0 Å². The van der Waals surface area contributed by atoms with Crippen molar-refractivity contribution in [2.24, 2.45) is 0 Å². The highest BCUT2D eigenvalue weighted by atomic mass is 35.5. The molecular weight excluding hydrogens is 436 g/mol. The fraction of sp³-hybridized carbons (Fsp3) is 0.565. The van der Waals surface area contributed by atoms with Gasteiger partial charge in [-0.2, -0.15) is 0 Å². The normalized spacial score (nSPS) is 24.8. The summed E-state index contributed by atoms with van der Waals surface area (Å²) < 4.78 is 17.0. The third-order valence-electron chi connectivity index (χ3n) is 6.29. The molecule has 2 aliphatic heterocycles. The van der Waals surface area contributed by atoms with Gasteiger partial charge in [0.05, 0.1) is 17.2 Å². The molecule has 0 radical (unpaired) electrons. The van der Waals surface area contributed by atoms with Crippen molar-refractivity contribution in [3.05, 3.63) is 40.2 Å². The number of hydrogen-bond acceptors (Lipinski definition) is 7. The zero-order valence-corrected chi connectivity index (χ0v) is 19.4. The number of hydrogen-bond donors (Lipinski definition) is 3. The number of fused-ring (bicyclic) bond motifs is 1. The number of halogens is 1. The quantitative estimate of drug-likeness (QED) is 0.593. The molecule has 8 nitrogen and oxygen atoms in total. The molecule has 176 valence electrons. The Bertz CT molecular complexity index is 1030. The Morgan fingerprint density at radius 1 is 1.25 bits per heavy atom. The fourth-order valence-electron chi connectivity index (χ4n) is 4.58. The maximum absolute atomic E-state index is 13.1. The minimum absolute atomic E-state index is 0. The molecule has 2 saturated heterocycles. The van der Waals surface area contributed by atoms with Crippen LogP contribution in [0.2, 0.25) is 0 Å². The number of piperidine rings is 1. The Morgan fingerprint density at radius 2 is 1.97 bits per heavy atom. The molecule has 0 aliphatic carbocycles. The lowest BCUT2D eigenvalue weighted by atomic mass is 9.73. The highest BCUT2D eigenvalue weighted by molar-refractivity contribution is 5.97. The number of aliphatic hydroxyl groups is 1. The summed E-state index contributed by atoms with van der Waals surface area (Å²) in [6.07, 6.45) is 0.883. The van der Waals surface area contributed by atoms with Crippen LogP contribution >= 0.6 is 12.4 Å². The highest BCUT2D eigenvalue weighted by Gasteiger charge is 2.53. The third-order valence-corrected chi connectivity index (χ3v) is 6.29. The molecule has 2 aliphatic rings. The molecule has 32 heavy (non-hydrogen) atoms. The molecule has 0 saturated carbocycles. The van der Waals surface area contributed by atoms with Crippen LogP contribution in [0.5, 0.6) is 5.75 Å². The lowest BCUT2D eigenvalue weighted by Gasteiger charge is -2.52. The van der Waals surface area contributed by atoms with Gasteiger partial charge >= 0.3 is 5.63 Å². The summed E-state index contributed by atoms with van der Waals surface area (Å²) in [5.41, 5.74) is -2.07. The van der Waals surface area contributed by atoms with E-state index in [1.54, 1.807) is 25.1 Å². The summed E-state index contributed by atoms with van der Waals surface area (Å²) >= 11 is 0. The first-order chi connectivity index (χ1) is 14.7. The smallest absolute Gasteiger partial charge is 0.349 e. The fourth-order valence-corrected chi connectivity index (χ4v) is 4.58. The van der Waals surface area contributed by atoms with Crippen LogP contribution in [0.4, 0.5) is 0 Å². The summed E-state index contributed by atoms with van der Waals surface area (Å²) in [4.78, 5) is 25.6. The van der Waals surface area contributed by atoms with E-state index in [2.05, 4.69) is 10.6 Å². The molecule has 4 rings (SSSR count). The number of benzene rings is 1. The second-order valence-electron chi connectivity index (χ2n) is 9.00. The van der Waals surface area contributed by atoms with Crippen LogP contribution in [0.25, 0.3) is 11.0 Å². The predicted octanol–water partition coefficient (Wildman–Crippen LogP) is 2.39. The average Bonchev–Trinajstić information content (AvgIpc) is 2.72. The maximum Gasteiger partial charge on any atom is 0.349 e. The van der Waals surface area contributed by atoms with Gasteiger partial charge in [-0.15, -0.1) is 12.4 Å². The summed E-state index contributed by atoms with van der Waals surface area (Å²) in [7, 11) is 0. The first-order valence-corrected chi connectivity index (χ1v) is 10.8. The molecule has 1 aromatic carbocycles. The van der Waals surface area contributed by atoms with E-state index in [1.165, 1.54) is 6.07 Å². The Labute approximate surface area is 193 Å². The number of carbonyl (C=O) groups is 1. The van der Waals surface area contributed by atoms with E-state index in [9.17, 15) is 14.7 Å².